The van der Waals surface area contributed by atoms with E-state index in [9.17, 15) is 9.90 Å². The lowest BCUT2D eigenvalue weighted by Crippen LogP contribution is -2.21. The van der Waals surface area contributed by atoms with E-state index < -0.39 is 5.97 Å². The lowest BCUT2D eigenvalue weighted by Gasteiger charge is -2.08. The molecule has 2 aromatic rings. The SMILES string of the molecule is Cc1ccc(COc2ccc(C(=O)[O-])cc2)cc1. The van der Waals surface area contributed by atoms with Gasteiger partial charge in [-0.3, -0.25) is 0 Å². The zero-order valence-corrected chi connectivity index (χ0v) is 10.1. The predicted molar refractivity (Wildman–Crippen MR) is 66.3 cm³/mol. The van der Waals surface area contributed by atoms with Crippen LogP contribution >= 0.6 is 0 Å². The molecular formula is C15H13O3-. The van der Waals surface area contributed by atoms with Crippen molar-refractivity contribution in [3.05, 3.63) is 65.2 Å². The van der Waals surface area contributed by atoms with E-state index >= 15 is 0 Å². The smallest absolute Gasteiger partial charge is 0.119 e. The van der Waals surface area contributed by atoms with Gasteiger partial charge in [-0.1, -0.05) is 29.8 Å². The standard InChI is InChI=1S/C15H14O3/c1-11-2-4-12(5-3-11)10-18-14-8-6-13(7-9-14)15(16)17/h2-9H,10H2,1H3,(H,16,17)/p-1. The molecule has 3 nitrogen and oxygen atoms in total. The third-order valence-electron chi connectivity index (χ3n) is 2.62. The molecule has 2 rings (SSSR count). The number of rotatable bonds is 4. The molecule has 2 aromatic carbocycles. The summed E-state index contributed by atoms with van der Waals surface area (Å²) in [4.78, 5) is 10.6. The molecule has 0 spiro atoms. The van der Waals surface area contributed by atoms with E-state index in [0.29, 0.717) is 12.4 Å². The van der Waals surface area contributed by atoms with Crippen molar-refractivity contribution in [1.82, 2.24) is 0 Å². The first-order valence-electron chi connectivity index (χ1n) is 5.65. The van der Waals surface area contributed by atoms with Crippen LogP contribution < -0.4 is 9.84 Å². The average molecular weight is 241 g/mol. The van der Waals surface area contributed by atoms with E-state index in [2.05, 4.69) is 0 Å². The van der Waals surface area contributed by atoms with E-state index in [0.717, 1.165) is 5.56 Å². The Morgan fingerprint density at radius 3 is 2.22 bits per heavy atom. The fraction of sp³-hybridized carbons (Fsp3) is 0.133. The highest BCUT2D eigenvalue weighted by Gasteiger charge is 1.97. The summed E-state index contributed by atoms with van der Waals surface area (Å²) in [7, 11) is 0. The summed E-state index contributed by atoms with van der Waals surface area (Å²) in [6.45, 7) is 2.49. The van der Waals surface area contributed by atoms with Crippen molar-refractivity contribution in [2.45, 2.75) is 13.5 Å². The number of carboxylic acids is 1. The number of carbonyl (C=O) groups excluding carboxylic acids is 1. The lowest BCUT2D eigenvalue weighted by atomic mass is 10.2. The topological polar surface area (TPSA) is 49.4 Å². The van der Waals surface area contributed by atoms with Crippen molar-refractivity contribution < 1.29 is 14.6 Å². The van der Waals surface area contributed by atoms with Crippen LogP contribution in [-0.2, 0) is 6.61 Å². The van der Waals surface area contributed by atoms with Gasteiger partial charge in [0.15, 0.2) is 0 Å². The van der Waals surface area contributed by atoms with Gasteiger partial charge in [0.25, 0.3) is 0 Å². The van der Waals surface area contributed by atoms with Gasteiger partial charge in [-0.05, 0) is 42.3 Å². The maximum Gasteiger partial charge on any atom is 0.119 e. The van der Waals surface area contributed by atoms with Gasteiger partial charge < -0.3 is 14.6 Å². The normalized spacial score (nSPS) is 10.1. The Bertz CT molecular complexity index is 527. The molecule has 0 N–H and O–H groups in total. The highest BCUT2D eigenvalue weighted by molar-refractivity contribution is 5.85. The summed E-state index contributed by atoms with van der Waals surface area (Å²) in [6, 6.07) is 14.3. The van der Waals surface area contributed by atoms with Gasteiger partial charge in [0.05, 0.1) is 5.97 Å². The third-order valence-corrected chi connectivity index (χ3v) is 2.62. The van der Waals surface area contributed by atoms with Crippen molar-refractivity contribution in [3.63, 3.8) is 0 Å². The second-order valence-electron chi connectivity index (χ2n) is 4.09. The van der Waals surface area contributed by atoms with Gasteiger partial charge >= 0.3 is 0 Å². The molecular weight excluding hydrogens is 228 g/mol. The largest absolute Gasteiger partial charge is 0.545 e. The van der Waals surface area contributed by atoms with Crippen molar-refractivity contribution in [1.29, 1.82) is 0 Å². The maximum atomic E-state index is 10.6. The summed E-state index contributed by atoms with van der Waals surface area (Å²) in [5.74, 6) is -0.541. The zero-order valence-electron chi connectivity index (χ0n) is 10.1. The molecule has 0 fully saturated rings. The third kappa shape index (κ3) is 3.10. The minimum absolute atomic E-state index is 0.151. The van der Waals surface area contributed by atoms with Crippen molar-refractivity contribution in [2.75, 3.05) is 0 Å². The van der Waals surface area contributed by atoms with Gasteiger partial charge in [-0.15, -0.1) is 0 Å². The van der Waals surface area contributed by atoms with Gasteiger partial charge in [0.1, 0.15) is 12.4 Å². The molecule has 0 aromatic heterocycles. The summed E-state index contributed by atoms with van der Waals surface area (Å²) in [6.07, 6.45) is 0. The first-order valence-corrected chi connectivity index (χ1v) is 5.65. The van der Waals surface area contributed by atoms with Gasteiger partial charge in [-0.25, -0.2) is 0 Å². The number of hydrogen-bond acceptors (Lipinski definition) is 3. The number of carbonyl (C=O) groups is 1. The zero-order chi connectivity index (χ0) is 13.0. The summed E-state index contributed by atoms with van der Waals surface area (Å²) in [5.41, 5.74) is 2.43. The van der Waals surface area contributed by atoms with E-state index in [1.54, 1.807) is 12.1 Å². The van der Waals surface area contributed by atoms with Crippen LogP contribution in [0.15, 0.2) is 48.5 Å². The first-order chi connectivity index (χ1) is 8.65. The van der Waals surface area contributed by atoms with Crippen LogP contribution in [0.1, 0.15) is 21.5 Å². The van der Waals surface area contributed by atoms with Gasteiger partial charge in [0.2, 0.25) is 0 Å². The van der Waals surface area contributed by atoms with Crippen LogP contribution in [0.4, 0.5) is 0 Å². The van der Waals surface area contributed by atoms with Crippen LogP contribution in [0.5, 0.6) is 5.75 Å². The molecule has 0 bridgehead atoms. The molecule has 0 saturated heterocycles. The van der Waals surface area contributed by atoms with Crippen molar-refractivity contribution in [3.8, 4) is 5.75 Å². The van der Waals surface area contributed by atoms with E-state index in [1.807, 2.05) is 31.2 Å². The number of carboxylic acid groups (broad SMARTS) is 1. The van der Waals surface area contributed by atoms with Crippen LogP contribution in [0.3, 0.4) is 0 Å². The Morgan fingerprint density at radius 1 is 1.06 bits per heavy atom. The molecule has 18 heavy (non-hydrogen) atoms. The Morgan fingerprint density at radius 2 is 1.67 bits per heavy atom. The quantitative estimate of drug-likeness (QED) is 0.821. The molecule has 0 heterocycles. The molecule has 0 aliphatic carbocycles. The number of aromatic carboxylic acids is 1. The second-order valence-corrected chi connectivity index (χ2v) is 4.09. The second kappa shape index (κ2) is 5.36. The van der Waals surface area contributed by atoms with Gasteiger partial charge in [-0.2, -0.15) is 0 Å². The lowest BCUT2D eigenvalue weighted by molar-refractivity contribution is -0.255. The molecule has 0 saturated carbocycles. The number of benzene rings is 2. The molecule has 0 atom stereocenters. The van der Waals surface area contributed by atoms with Crippen LogP contribution in [-0.4, -0.2) is 5.97 Å². The molecule has 0 radical (unpaired) electrons. The van der Waals surface area contributed by atoms with Crippen LogP contribution in [0, 0.1) is 6.92 Å². The molecule has 92 valence electrons. The molecule has 0 aliphatic rings. The highest BCUT2D eigenvalue weighted by Crippen LogP contribution is 2.14. The number of hydrogen-bond donors (Lipinski definition) is 0. The monoisotopic (exact) mass is 241 g/mol. The summed E-state index contributed by atoms with van der Waals surface area (Å²) in [5, 5.41) is 10.6. The van der Waals surface area contributed by atoms with E-state index in [-0.39, 0.29) is 5.56 Å². The highest BCUT2D eigenvalue weighted by atomic mass is 16.5. The predicted octanol–water partition coefficient (Wildman–Crippen LogP) is 1.94. The van der Waals surface area contributed by atoms with E-state index in [4.69, 9.17) is 4.74 Å². The minimum atomic E-state index is -1.18. The number of aryl methyl sites for hydroxylation is 1. The minimum Gasteiger partial charge on any atom is -0.545 e. The maximum absolute atomic E-state index is 10.6. The number of ether oxygens (including phenoxy) is 1. The molecule has 0 unspecified atom stereocenters. The molecule has 3 heteroatoms. The Labute approximate surface area is 106 Å². The van der Waals surface area contributed by atoms with Crippen molar-refractivity contribution >= 4 is 5.97 Å². The fourth-order valence-corrected chi connectivity index (χ4v) is 1.54. The summed E-state index contributed by atoms with van der Waals surface area (Å²) >= 11 is 0. The first kappa shape index (κ1) is 12.2. The Hall–Kier alpha value is -2.29. The van der Waals surface area contributed by atoms with Crippen molar-refractivity contribution in [2.24, 2.45) is 0 Å². The van der Waals surface area contributed by atoms with Crippen LogP contribution in [0.2, 0.25) is 0 Å². The van der Waals surface area contributed by atoms with Crippen LogP contribution in [0.25, 0.3) is 0 Å². The summed E-state index contributed by atoms with van der Waals surface area (Å²) < 4.78 is 5.55. The Kier molecular flexibility index (Phi) is 3.63. The molecule has 0 amide bonds. The molecule has 0 aliphatic heterocycles. The van der Waals surface area contributed by atoms with E-state index in [1.165, 1.54) is 17.7 Å². The Balaban J connectivity index is 1.97. The van der Waals surface area contributed by atoms with Gasteiger partial charge in [0, 0.05) is 0 Å². The average Bonchev–Trinajstić information content (AvgIpc) is 2.38. The fourth-order valence-electron chi connectivity index (χ4n) is 1.54.